The van der Waals surface area contributed by atoms with Crippen molar-refractivity contribution >= 4 is 17.4 Å². The molecule has 1 fully saturated rings. The van der Waals surface area contributed by atoms with Gasteiger partial charge in [-0.25, -0.2) is 0 Å². The van der Waals surface area contributed by atoms with Crippen LogP contribution in [-0.4, -0.2) is 42.3 Å². The normalized spacial score (nSPS) is 19.0. The van der Waals surface area contributed by atoms with Gasteiger partial charge in [0.05, 0.1) is 6.54 Å². The standard InChI is InChI=1S/C15H21N3O2/c1-11(19)12-4-2-5-13(8-12)17-15(20)10-18-7-3-6-14(18)9-16/h2,4-5,8,14H,3,6-7,9-10,16H2,1H3,(H,17,20). The molecule has 1 aliphatic rings. The monoisotopic (exact) mass is 275 g/mol. The number of rotatable bonds is 5. The predicted molar refractivity (Wildman–Crippen MR) is 78.7 cm³/mol. The summed E-state index contributed by atoms with van der Waals surface area (Å²) < 4.78 is 0. The second-order valence-corrected chi connectivity index (χ2v) is 5.19. The lowest BCUT2D eigenvalue weighted by Gasteiger charge is -2.22. The number of carbonyl (C=O) groups excluding carboxylic acids is 2. The molecule has 5 nitrogen and oxygen atoms in total. The van der Waals surface area contributed by atoms with E-state index in [1.54, 1.807) is 24.3 Å². The smallest absolute Gasteiger partial charge is 0.238 e. The summed E-state index contributed by atoms with van der Waals surface area (Å²) in [5, 5.41) is 2.84. The number of hydrogen-bond donors (Lipinski definition) is 2. The van der Waals surface area contributed by atoms with Crippen molar-refractivity contribution in [1.29, 1.82) is 0 Å². The summed E-state index contributed by atoms with van der Waals surface area (Å²) in [5.41, 5.74) is 6.95. The number of hydrogen-bond acceptors (Lipinski definition) is 4. The molecule has 0 aliphatic carbocycles. The Balaban J connectivity index is 1.94. The van der Waals surface area contributed by atoms with Crippen molar-refractivity contribution in [2.24, 2.45) is 5.73 Å². The van der Waals surface area contributed by atoms with Gasteiger partial charge in [-0.2, -0.15) is 0 Å². The molecule has 1 unspecified atom stereocenters. The highest BCUT2D eigenvalue weighted by Gasteiger charge is 2.24. The number of nitrogens with two attached hydrogens (primary N) is 1. The summed E-state index contributed by atoms with van der Waals surface area (Å²) in [4.78, 5) is 25.5. The van der Waals surface area contributed by atoms with Crippen molar-refractivity contribution in [1.82, 2.24) is 4.90 Å². The number of ketones is 1. The largest absolute Gasteiger partial charge is 0.329 e. The number of nitrogens with one attached hydrogen (secondary N) is 1. The third kappa shape index (κ3) is 3.65. The van der Waals surface area contributed by atoms with Crippen molar-refractivity contribution in [3.63, 3.8) is 0 Å². The Morgan fingerprint density at radius 2 is 2.25 bits per heavy atom. The van der Waals surface area contributed by atoms with E-state index in [9.17, 15) is 9.59 Å². The molecule has 0 bridgehead atoms. The highest BCUT2D eigenvalue weighted by molar-refractivity contribution is 5.97. The highest BCUT2D eigenvalue weighted by atomic mass is 16.2. The maximum atomic E-state index is 12.0. The average molecular weight is 275 g/mol. The Labute approximate surface area is 119 Å². The maximum Gasteiger partial charge on any atom is 0.238 e. The van der Waals surface area contributed by atoms with Crippen LogP contribution in [-0.2, 0) is 4.79 Å². The van der Waals surface area contributed by atoms with E-state index in [-0.39, 0.29) is 11.7 Å². The van der Waals surface area contributed by atoms with Gasteiger partial charge in [0.15, 0.2) is 5.78 Å². The number of anilines is 1. The summed E-state index contributed by atoms with van der Waals surface area (Å²) in [6, 6.07) is 7.30. The zero-order valence-corrected chi connectivity index (χ0v) is 11.8. The fraction of sp³-hybridized carbons (Fsp3) is 0.467. The molecule has 1 aromatic rings. The van der Waals surface area contributed by atoms with Crippen molar-refractivity contribution < 1.29 is 9.59 Å². The number of nitrogens with zero attached hydrogens (tertiary/aromatic N) is 1. The Kier molecular flexibility index (Phi) is 4.87. The Bertz CT molecular complexity index is 502. The van der Waals surface area contributed by atoms with Crippen molar-refractivity contribution in [2.45, 2.75) is 25.8 Å². The van der Waals surface area contributed by atoms with Gasteiger partial charge in [-0.15, -0.1) is 0 Å². The van der Waals surface area contributed by atoms with E-state index in [2.05, 4.69) is 10.2 Å². The van der Waals surface area contributed by atoms with Gasteiger partial charge in [0.25, 0.3) is 0 Å². The molecule has 5 heteroatoms. The molecule has 2 rings (SSSR count). The molecule has 1 atom stereocenters. The lowest BCUT2D eigenvalue weighted by atomic mass is 10.1. The van der Waals surface area contributed by atoms with Crippen LogP contribution in [0.1, 0.15) is 30.1 Å². The van der Waals surface area contributed by atoms with Crippen LogP contribution >= 0.6 is 0 Å². The van der Waals surface area contributed by atoms with E-state index in [0.717, 1.165) is 19.4 Å². The molecule has 108 valence electrons. The minimum atomic E-state index is -0.0638. The molecule has 1 heterocycles. The van der Waals surface area contributed by atoms with Gasteiger partial charge in [-0.05, 0) is 38.4 Å². The molecule has 3 N–H and O–H groups in total. The molecule has 0 spiro atoms. The van der Waals surface area contributed by atoms with Crippen LogP contribution in [0.25, 0.3) is 0 Å². The minimum absolute atomic E-state index is 0.0103. The third-order valence-electron chi connectivity index (χ3n) is 3.67. The van der Waals surface area contributed by atoms with Crippen LogP contribution in [0, 0.1) is 0 Å². The van der Waals surface area contributed by atoms with Crippen LogP contribution in [0.5, 0.6) is 0 Å². The van der Waals surface area contributed by atoms with Gasteiger partial charge in [-0.3, -0.25) is 14.5 Å². The number of amides is 1. The maximum absolute atomic E-state index is 12.0. The van der Waals surface area contributed by atoms with Crippen LogP contribution in [0.2, 0.25) is 0 Å². The summed E-state index contributed by atoms with van der Waals surface area (Å²) in [7, 11) is 0. The van der Waals surface area contributed by atoms with Gasteiger partial charge in [0, 0.05) is 23.8 Å². The van der Waals surface area contributed by atoms with Gasteiger partial charge in [-0.1, -0.05) is 12.1 Å². The number of benzene rings is 1. The molecular formula is C15H21N3O2. The highest BCUT2D eigenvalue weighted by Crippen LogP contribution is 2.16. The van der Waals surface area contributed by atoms with Crippen molar-refractivity contribution in [3.8, 4) is 0 Å². The summed E-state index contributed by atoms with van der Waals surface area (Å²) in [6.45, 7) is 3.37. The van der Waals surface area contributed by atoms with Crippen molar-refractivity contribution in [2.75, 3.05) is 25.0 Å². The first-order valence-corrected chi connectivity index (χ1v) is 6.95. The van der Waals surface area contributed by atoms with E-state index < -0.39 is 0 Å². The number of Topliss-reactive ketones (excluding diaryl/α,β-unsaturated/α-hetero) is 1. The molecule has 20 heavy (non-hydrogen) atoms. The molecule has 0 saturated carbocycles. The topological polar surface area (TPSA) is 75.4 Å². The van der Waals surface area contributed by atoms with Crippen molar-refractivity contribution in [3.05, 3.63) is 29.8 Å². The van der Waals surface area contributed by atoms with E-state index in [0.29, 0.717) is 30.4 Å². The van der Waals surface area contributed by atoms with Crippen LogP contribution < -0.4 is 11.1 Å². The first kappa shape index (κ1) is 14.7. The van der Waals surface area contributed by atoms with Gasteiger partial charge in [0.2, 0.25) is 5.91 Å². The Morgan fingerprint density at radius 1 is 1.45 bits per heavy atom. The van der Waals surface area contributed by atoms with Gasteiger partial charge < -0.3 is 11.1 Å². The molecule has 0 aromatic heterocycles. The fourth-order valence-corrected chi connectivity index (χ4v) is 2.57. The number of carbonyl (C=O) groups is 2. The van der Waals surface area contributed by atoms with Crippen LogP contribution in [0.15, 0.2) is 24.3 Å². The third-order valence-corrected chi connectivity index (χ3v) is 3.67. The zero-order valence-electron chi connectivity index (χ0n) is 11.8. The fourth-order valence-electron chi connectivity index (χ4n) is 2.57. The van der Waals surface area contributed by atoms with E-state index in [1.165, 1.54) is 6.92 Å². The second-order valence-electron chi connectivity index (χ2n) is 5.19. The predicted octanol–water partition coefficient (Wildman–Crippen LogP) is 1.25. The second kappa shape index (κ2) is 6.63. The first-order valence-electron chi connectivity index (χ1n) is 6.95. The Morgan fingerprint density at radius 3 is 2.95 bits per heavy atom. The molecule has 1 aliphatic heterocycles. The minimum Gasteiger partial charge on any atom is -0.329 e. The molecule has 1 amide bonds. The lowest BCUT2D eigenvalue weighted by Crippen LogP contribution is -2.40. The Hall–Kier alpha value is -1.72. The summed E-state index contributed by atoms with van der Waals surface area (Å²) >= 11 is 0. The van der Waals surface area contributed by atoms with Crippen LogP contribution in [0.4, 0.5) is 5.69 Å². The van der Waals surface area contributed by atoms with E-state index in [1.807, 2.05) is 0 Å². The number of likely N-dealkylation sites (tertiary alicyclic amines) is 1. The van der Waals surface area contributed by atoms with Gasteiger partial charge in [0.1, 0.15) is 0 Å². The average Bonchev–Trinajstić information content (AvgIpc) is 2.86. The van der Waals surface area contributed by atoms with E-state index >= 15 is 0 Å². The lowest BCUT2D eigenvalue weighted by molar-refractivity contribution is -0.117. The molecule has 1 saturated heterocycles. The zero-order chi connectivity index (χ0) is 14.5. The summed E-state index contributed by atoms with van der Waals surface area (Å²) in [6.07, 6.45) is 2.15. The SMILES string of the molecule is CC(=O)c1cccc(NC(=O)CN2CCCC2CN)c1. The quantitative estimate of drug-likeness (QED) is 0.793. The molecule has 1 aromatic carbocycles. The molecular weight excluding hydrogens is 254 g/mol. The summed E-state index contributed by atoms with van der Waals surface area (Å²) in [5.74, 6) is -0.0742. The first-order chi connectivity index (χ1) is 9.60. The van der Waals surface area contributed by atoms with Gasteiger partial charge >= 0.3 is 0 Å². The van der Waals surface area contributed by atoms with E-state index in [4.69, 9.17) is 5.73 Å². The molecule has 0 radical (unpaired) electrons. The van der Waals surface area contributed by atoms with Crippen LogP contribution in [0.3, 0.4) is 0 Å².